The molecule has 34 heavy (non-hydrogen) atoms. The van der Waals surface area contributed by atoms with E-state index in [-0.39, 0.29) is 23.9 Å². The van der Waals surface area contributed by atoms with Crippen LogP contribution in [0.4, 0.5) is 0 Å². The van der Waals surface area contributed by atoms with E-state index in [9.17, 15) is 18.0 Å². The molecular weight excluding hydrogens is 458 g/mol. The molecule has 1 saturated heterocycles. The average Bonchev–Trinajstić information content (AvgIpc) is 2.84. The lowest BCUT2D eigenvalue weighted by atomic mass is 10.1. The first-order chi connectivity index (χ1) is 16.3. The first-order valence-corrected chi connectivity index (χ1v) is 12.5. The second-order valence-corrected chi connectivity index (χ2v) is 9.38. The summed E-state index contributed by atoms with van der Waals surface area (Å²) in [5.74, 6) is -0.934. The number of hydroxylamine groups is 1. The van der Waals surface area contributed by atoms with Crippen molar-refractivity contribution in [3.8, 4) is 0 Å². The normalized spacial score (nSPS) is 16.7. The third-order valence-electron chi connectivity index (χ3n) is 5.11. The molecule has 1 fully saturated rings. The van der Waals surface area contributed by atoms with E-state index in [2.05, 4.69) is 5.48 Å². The van der Waals surface area contributed by atoms with E-state index in [1.807, 2.05) is 24.3 Å². The molecule has 0 aromatic heterocycles. The molecule has 2 aromatic rings. The van der Waals surface area contributed by atoms with Gasteiger partial charge in [0.15, 0.2) is 12.1 Å². The van der Waals surface area contributed by atoms with E-state index in [4.69, 9.17) is 14.1 Å². The van der Waals surface area contributed by atoms with E-state index >= 15 is 0 Å². The summed E-state index contributed by atoms with van der Waals surface area (Å²) in [7, 11) is -4.02. The molecule has 180 valence electrons. The van der Waals surface area contributed by atoms with Crippen LogP contribution in [0.15, 0.2) is 60.7 Å². The van der Waals surface area contributed by atoms with Crippen molar-refractivity contribution < 1.29 is 32.1 Å². The third kappa shape index (κ3) is 9.03. The van der Waals surface area contributed by atoms with Crippen LogP contribution in [0.1, 0.15) is 46.3 Å². The monoisotopic (exact) mass is 485 g/mol. The molecule has 3 rings (SSSR count). The van der Waals surface area contributed by atoms with Crippen molar-refractivity contribution in [3.63, 3.8) is 0 Å². The molecular formula is C25H27NO7S. The van der Waals surface area contributed by atoms with Gasteiger partial charge in [-0.05, 0) is 48.1 Å². The van der Waals surface area contributed by atoms with Crippen LogP contribution in [-0.2, 0) is 30.9 Å². The van der Waals surface area contributed by atoms with Crippen LogP contribution in [0.5, 0.6) is 0 Å². The Bertz CT molecular complexity index is 1130. The van der Waals surface area contributed by atoms with Crippen LogP contribution < -0.4 is 5.48 Å². The Hall–Kier alpha value is -3.11. The van der Waals surface area contributed by atoms with Gasteiger partial charge in [0.25, 0.3) is 16.0 Å². The Morgan fingerprint density at radius 2 is 1.65 bits per heavy atom. The van der Waals surface area contributed by atoms with Crippen LogP contribution in [0.25, 0.3) is 12.2 Å². The molecule has 9 heteroatoms. The molecule has 0 radical (unpaired) electrons. The number of ether oxygens (including phenoxy) is 1. The third-order valence-corrected chi connectivity index (χ3v) is 5.83. The number of hydrogen-bond acceptors (Lipinski definition) is 6. The Morgan fingerprint density at radius 3 is 2.24 bits per heavy atom. The maximum Gasteiger partial charge on any atom is 0.267 e. The van der Waals surface area contributed by atoms with Gasteiger partial charge in [0.2, 0.25) is 0 Å². The minimum atomic E-state index is -4.02. The van der Waals surface area contributed by atoms with Crippen molar-refractivity contribution in [2.24, 2.45) is 0 Å². The summed E-state index contributed by atoms with van der Waals surface area (Å²) >= 11 is 0. The average molecular weight is 486 g/mol. The zero-order chi connectivity index (χ0) is 24.4. The van der Waals surface area contributed by atoms with Crippen LogP contribution in [0.3, 0.4) is 0 Å². The van der Waals surface area contributed by atoms with E-state index in [1.54, 1.807) is 36.4 Å². The Morgan fingerprint density at radius 1 is 1.00 bits per heavy atom. The van der Waals surface area contributed by atoms with Gasteiger partial charge in [0.1, 0.15) is 0 Å². The topological polar surface area (TPSA) is 119 Å². The van der Waals surface area contributed by atoms with Gasteiger partial charge in [0.05, 0.1) is 5.75 Å². The van der Waals surface area contributed by atoms with Gasteiger partial charge in [0, 0.05) is 24.7 Å². The standard InChI is InChI=1S/C25H27NO7S/c27-23(22-12-8-21(9-13-22)16-18-34(29,30)31)14-10-19-4-6-20(7-5-19)11-15-24(28)26-33-25-3-1-2-17-32-25/h4-15,25H,1-3,16-18H2,(H,26,28)(H,29,30,31)/b14-10+,15-11+. The highest BCUT2D eigenvalue weighted by atomic mass is 32.2. The quantitative estimate of drug-likeness (QED) is 0.228. The van der Waals surface area contributed by atoms with E-state index < -0.39 is 16.4 Å². The van der Waals surface area contributed by atoms with Crippen molar-refractivity contribution in [1.82, 2.24) is 5.48 Å². The van der Waals surface area contributed by atoms with Crippen LogP contribution in [-0.4, -0.2) is 43.3 Å². The molecule has 8 nitrogen and oxygen atoms in total. The fourth-order valence-corrected chi connectivity index (χ4v) is 3.70. The number of carbonyl (C=O) groups excluding carboxylic acids is 2. The van der Waals surface area contributed by atoms with E-state index in [0.717, 1.165) is 30.4 Å². The predicted octanol–water partition coefficient (Wildman–Crippen LogP) is 3.60. The molecule has 2 aromatic carbocycles. The molecule has 0 bridgehead atoms. The first kappa shape index (κ1) is 25.5. The van der Waals surface area contributed by atoms with Gasteiger partial charge in [-0.15, -0.1) is 0 Å². The number of aryl methyl sites for hydroxylation is 1. The van der Waals surface area contributed by atoms with Gasteiger partial charge in [-0.3, -0.25) is 14.1 Å². The Balaban J connectivity index is 1.47. The second kappa shape index (κ2) is 12.4. The molecule has 1 aliphatic rings. The summed E-state index contributed by atoms with van der Waals surface area (Å²) in [5, 5.41) is 0. The number of rotatable bonds is 10. The molecule has 1 atom stereocenters. The largest absolute Gasteiger partial charge is 0.350 e. The van der Waals surface area contributed by atoms with E-state index in [1.165, 1.54) is 12.2 Å². The molecule has 0 aliphatic carbocycles. The van der Waals surface area contributed by atoms with Crippen LogP contribution in [0, 0.1) is 0 Å². The van der Waals surface area contributed by atoms with Gasteiger partial charge in [-0.25, -0.2) is 10.3 Å². The van der Waals surface area contributed by atoms with Crippen LogP contribution >= 0.6 is 0 Å². The zero-order valence-electron chi connectivity index (χ0n) is 18.6. The van der Waals surface area contributed by atoms with Gasteiger partial charge < -0.3 is 4.74 Å². The smallest absolute Gasteiger partial charge is 0.267 e. The van der Waals surface area contributed by atoms with Gasteiger partial charge in [-0.1, -0.05) is 54.6 Å². The number of hydrogen-bond donors (Lipinski definition) is 2. The minimum absolute atomic E-state index is 0.174. The minimum Gasteiger partial charge on any atom is -0.350 e. The fourth-order valence-electron chi connectivity index (χ4n) is 3.20. The van der Waals surface area contributed by atoms with Crippen molar-refractivity contribution in [3.05, 3.63) is 82.9 Å². The predicted molar refractivity (Wildman–Crippen MR) is 128 cm³/mol. The molecule has 0 spiro atoms. The van der Waals surface area contributed by atoms with Crippen LogP contribution in [0.2, 0.25) is 0 Å². The number of allylic oxidation sites excluding steroid dienone is 1. The molecule has 1 heterocycles. The lowest BCUT2D eigenvalue weighted by Gasteiger charge is -2.21. The summed E-state index contributed by atoms with van der Waals surface area (Å²) in [6.07, 6.45) is 8.71. The molecule has 1 amide bonds. The Labute approximate surface area is 199 Å². The number of amides is 1. The number of benzene rings is 2. The lowest BCUT2D eigenvalue weighted by Crippen LogP contribution is -2.32. The fraction of sp³-hybridized carbons (Fsp3) is 0.280. The van der Waals surface area contributed by atoms with E-state index in [0.29, 0.717) is 17.7 Å². The summed E-state index contributed by atoms with van der Waals surface area (Å²) in [4.78, 5) is 29.5. The Kier molecular flexibility index (Phi) is 9.29. The lowest BCUT2D eigenvalue weighted by molar-refractivity contribution is -0.198. The molecule has 0 saturated carbocycles. The summed E-state index contributed by atoms with van der Waals surface area (Å²) in [6.45, 7) is 0.634. The SMILES string of the molecule is O=C(/C=C/c1ccc(/C=C/C(=O)c2ccc(CCS(=O)(=O)O)cc2)cc1)NOC1CCCCO1. The summed E-state index contributed by atoms with van der Waals surface area (Å²) in [5.41, 5.74) is 5.18. The maximum atomic E-state index is 12.4. The maximum absolute atomic E-state index is 12.4. The first-order valence-electron chi connectivity index (χ1n) is 10.9. The highest BCUT2D eigenvalue weighted by Gasteiger charge is 2.14. The number of ketones is 1. The van der Waals surface area contributed by atoms with Crippen molar-refractivity contribution >= 4 is 34.0 Å². The highest BCUT2D eigenvalue weighted by Crippen LogP contribution is 2.13. The van der Waals surface area contributed by atoms with Crippen molar-refractivity contribution in [2.45, 2.75) is 32.0 Å². The summed E-state index contributed by atoms with van der Waals surface area (Å²) < 4.78 is 35.9. The van der Waals surface area contributed by atoms with Gasteiger partial charge >= 0.3 is 0 Å². The number of nitrogens with one attached hydrogen (secondary N) is 1. The molecule has 2 N–H and O–H groups in total. The summed E-state index contributed by atoms with van der Waals surface area (Å²) in [6, 6.07) is 13.9. The van der Waals surface area contributed by atoms with Gasteiger partial charge in [-0.2, -0.15) is 8.42 Å². The van der Waals surface area contributed by atoms with Crippen molar-refractivity contribution in [2.75, 3.05) is 12.4 Å². The molecule has 1 unspecified atom stereocenters. The molecule has 1 aliphatic heterocycles. The zero-order valence-corrected chi connectivity index (χ0v) is 19.4. The van der Waals surface area contributed by atoms with Crippen molar-refractivity contribution in [1.29, 1.82) is 0 Å². The highest BCUT2D eigenvalue weighted by molar-refractivity contribution is 7.85. The second-order valence-electron chi connectivity index (χ2n) is 7.81. The number of carbonyl (C=O) groups is 2.